The van der Waals surface area contributed by atoms with Gasteiger partial charge in [-0.25, -0.2) is 0 Å². The second-order valence-corrected chi connectivity index (χ2v) is 4.90. The van der Waals surface area contributed by atoms with Gasteiger partial charge >= 0.3 is 0 Å². The first-order valence-corrected chi connectivity index (χ1v) is 6.24. The first-order valence-electron chi connectivity index (χ1n) is 5.87. The Balaban J connectivity index is 1.88. The molecule has 0 radical (unpaired) electrons. The third-order valence-electron chi connectivity index (χ3n) is 3.24. The normalized spacial score (nSPS) is 23.2. The quantitative estimate of drug-likeness (QED) is 0.880. The van der Waals surface area contributed by atoms with Gasteiger partial charge in [0.25, 0.3) is 0 Å². The van der Waals surface area contributed by atoms with Crippen LogP contribution in [0.5, 0.6) is 5.75 Å². The van der Waals surface area contributed by atoms with E-state index in [-0.39, 0.29) is 0 Å². The van der Waals surface area contributed by atoms with Crippen LogP contribution in [0.4, 0.5) is 0 Å². The van der Waals surface area contributed by atoms with Crippen LogP contribution in [0.2, 0.25) is 5.02 Å². The van der Waals surface area contributed by atoms with Gasteiger partial charge in [-0.05, 0) is 43.5 Å². The zero-order chi connectivity index (χ0) is 12.3. The van der Waals surface area contributed by atoms with Crippen molar-refractivity contribution in [3.63, 3.8) is 0 Å². The van der Waals surface area contributed by atoms with E-state index in [1.807, 2.05) is 18.2 Å². The van der Waals surface area contributed by atoms with Gasteiger partial charge in [0.1, 0.15) is 5.75 Å². The molecule has 0 saturated heterocycles. The molecule has 0 aromatic heterocycles. The predicted molar refractivity (Wildman–Crippen MR) is 68.4 cm³/mol. The van der Waals surface area contributed by atoms with Crippen LogP contribution < -0.4 is 10.5 Å². The zero-order valence-corrected chi connectivity index (χ0v) is 10.7. The lowest BCUT2D eigenvalue weighted by Gasteiger charge is -2.34. The topological polar surface area (TPSA) is 44.5 Å². The van der Waals surface area contributed by atoms with Crippen LogP contribution in [0.1, 0.15) is 18.4 Å². The van der Waals surface area contributed by atoms with Gasteiger partial charge in [-0.2, -0.15) is 0 Å². The van der Waals surface area contributed by atoms with E-state index >= 15 is 0 Å². The Kier molecular flexibility index (Phi) is 4.26. The third-order valence-corrected chi connectivity index (χ3v) is 3.48. The maximum Gasteiger partial charge on any atom is 0.124 e. The molecular weight excluding hydrogens is 238 g/mol. The lowest BCUT2D eigenvalue weighted by atomic mass is 9.82. The fraction of sp³-hybridized carbons (Fsp3) is 0.538. The van der Waals surface area contributed by atoms with E-state index in [4.69, 9.17) is 26.8 Å². The summed E-state index contributed by atoms with van der Waals surface area (Å²) >= 11 is 5.95. The van der Waals surface area contributed by atoms with Crippen molar-refractivity contribution >= 4 is 11.6 Å². The molecular formula is C13H18ClNO2. The summed E-state index contributed by atoms with van der Waals surface area (Å²) in [6.45, 7) is 1.31. The van der Waals surface area contributed by atoms with Gasteiger partial charge in [-0.3, -0.25) is 0 Å². The van der Waals surface area contributed by atoms with Gasteiger partial charge in [-0.15, -0.1) is 0 Å². The first kappa shape index (κ1) is 12.7. The highest BCUT2D eigenvalue weighted by atomic mass is 35.5. The molecule has 1 aliphatic carbocycles. The minimum atomic E-state index is 0.340. The summed E-state index contributed by atoms with van der Waals surface area (Å²) in [6, 6.07) is 5.57. The maximum atomic E-state index is 5.95. The van der Waals surface area contributed by atoms with Crippen LogP contribution in [0.15, 0.2) is 18.2 Å². The molecule has 2 rings (SSSR count). The molecule has 0 spiro atoms. The van der Waals surface area contributed by atoms with Crippen LogP contribution in [-0.4, -0.2) is 19.8 Å². The summed E-state index contributed by atoms with van der Waals surface area (Å²) in [5.74, 6) is 1.46. The monoisotopic (exact) mass is 255 g/mol. The van der Waals surface area contributed by atoms with Crippen molar-refractivity contribution in [2.45, 2.75) is 25.6 Å². The molecule has 0 bridgehead atoms. The van der Waals surface area contributed by atoms with Crippen molar-refractivity contribution in [2.75, 3.05) is 13.7 Å². The van der Waals surface area contributed by atoms with Gasteiger partial charge in [0.15, 0.2) is 0 Å². The van der Waals surface area contributed by atoms with Gasteiger partial charge in [0.05, 0.1) is 19.8 Å². The predicted octanol–water partition coefficient (Wildman–Crippen LogP) is 2.60. The molecule has 0 atom stereocenters. The largest absolute Gasteiger partial charge is 0.496 e. The summed E-state index contributed by atoms with van der Waals surface area (Å²) in [7, 11) is 1.65. The van der Waals surface area contributed by atoms with E-state index in [1.165, 1.54) is 0 Å². The highest BCUT2D eigenvalue weighted by molar-refractivity contribution is 6.30. The van der Waals surface area contributed by atoms with Crippen molar-refractivity contribution < 1.29 is 9.47 Å². The molecule has 2 N–H and O–H groups in total. The number of hydrogen-bond acceptors (Lipinski definition) is 3. The molecule has 4 heteroatoms. The van der Waals surface area contributed by atoms with Crippen LogP contribution >= 0.6 is 11.6 Å². The van der Waals surface area contributed by atoms with Crippen LogP contribution in [-0.2, 0) is 11.3 Å². The van der Waals surface area contributed by atoms with Crippen molar-refractivity contribution in [3.8, 4) is 5.75 Å². The van der Waals surface area contributed by atoms with Crippen molar-refractivity contribution in [1.29, 1.82) is 0 Å². The molecule has 0 heterocycles. The lowest BCUT2D eigenvalue weighted by molar-refractivity contribution is -0.0381. The minimum absolute atomic E-state index is 0.340. The second-order valence-electron chi connectivity index (χ2n) is 4.46. The Bertz CT molecular complexity index is 378. The zero-order valence-electron chi connectivity index (χ0n) is 9.99. The fourth-order valence-electron chi connectivity index (χ4n) is 2.07. The maximum absolute atomic E-state index is 5.95. The SMILES string of the molecule is COc1ccc(Cl)cc1COC1CC(CN)C1. The van der Waals surface area contributed by atoms with Crippen molar-refractivity contribution in [3.05, 3.63) is 28.8 Å². The third kappa shape index (κ3) is 3.12. The molecule has 1 aromatic carbocycles. The number of benzene rings is 1. The Morgan fingerprint density at radius 2 is 2.18 bits per heavy atom. The Labute approximate surface area is 107 Å². The average Bonchev–Trinajstić information content (AvgIpc) is 2.27. The molecule has 94 valence electrons. The standard InChI is InChI=1S/C13H18ClNO2/c1-16-13-3-2-11(14)6-10(13)8-17-12-4-9(5-12)7-15/h2-3,6,9,12H,4-5,7-8,15H2,1H3. The van der Waals surface area contributed by atoms with Crippen LogP contribution in [0.3, 0.4) is 0 Å². The van der Waals surface area contributed by atoms with E-state index in [2.05, 4.69) is 0 Å². The summed E-state index contributed by atoms with van der Waals surface area (Å²) in [5.41, 5.74) is 6.57. The minimum Gasteiger partial charge on any atom is -0.496 e. The van der Waals surface area contributed by atoms with E-state index in [0.717, 1.165) is 30.7 Å². The first-order chi connectivity index (χ1) is 8.22. The molecule has 0 aliphatic heterocycles. The number of methoxy groups -OCH3 is 1. The molecule has 1 fully saturated rings. The van der Waals surface area contributed by atoms with Gasteiger partial charge in [0.2, 0.25) is 0 Å². The molecule has 1 saturated carbocycles. The molecule has 0 unspecified atom stereocenters. The summed E-state index contributed by atoms with van der Waals surface area (Å²) < 4.78 is 11.1. The Hall–Kier alpha value is -0.770. The van der Waals surface area contributed by atoms with Crippen molar-refractivity contribution in [1.82, 2.24) is 0 Å². The molecule has 17 heavy (non-hydrogen) atoms. The second kappa shape index (κ2) is 5.71. The van der Waals surface area contributed by atoms with Crippen LogP contribution in [0, 0.1) is 5.92 Å². The van der Waals surface area contributed by atoms with Crippen LogP contribution in [0.25, 0.3) is 0 Å². The molecule has 3 nitrogen and oxygen atoms in total. The van der Waals surface area contributed by atoms with Gasteiger partial charge < -0.3 is 15.2 Å². The summed E-state index contributed by atoms with van der Waals surface area (Å²) in [5, 5.41) is 0.706. The highest BCUT2D eigenvalue weighted by Gasteiger charge is 2.28. The van der Waals surface area contributed by atoms with E-state index < -0.39 is 0 Å². The Morgan fingerprint density at radius 3 is 2.82 bits per heavy atom. The number of ether oxygens (including phenoxy) is 2. The van der Waals surface area contributed by atoms with E-state index in [9.17, 15) is 0 Å². The van der Waals surface area contributed by atoms with E-state index in [1.54, 1.807) is 7.11 Å². The number of hydrogen-bond donors (Lipinski definition) is 1. The summed E-state index contributed by atoms with van der Waals surface area (Å²) in [4.78, 5) is 0. The Morgan fingerprint density at radius 1 is 1.41 bits per heavy atom. The molecule has 0 amide bonds. The smallest absolute Gasteiger partial charge is 0.124 e. The lowest BCUT2D eigenvalue weighted by Crippen LogP contribution is -2.35. The number of nitrogens with two attached hydrogens (primary N) is 1. The van der Waals surface area contributed by atoms with Crippen molar-refractivity contribution in [2.24, 2.45) is 11.7 Å². The van der Waals surface area contributed by atoms with Gasteiger partial charge in [-0.1, -0.05) is 11.6 Å². The summed E-state index contributed by atoms with van der Waals surface area (Å²) in [6.07, 6.45) is 2.48. The molecule has 1 aromatic rings. The number of rotatable bonds is 5. The van der Waals surface area contributed by atoms with Gasteiger partial charge in [0, 0.05) is 10.6 Å². The fourth-order valence-corrected chi connectivity index (χ4v) is 2.27. The number of halogens is 1. The highest BCUT2D eigenvalue weighted by Crippen LogP contribution is 2.31. The average molecular weight is 256 g/mol. The van der Waals surface area contributed by atoms with E-state index in [0.29, 0.717) is 23.7 Å². The molecule has 1 aliphatic rings.